The number of nitrogens with one attached hydrogen (secondary N) is 2. The predicted molar refractivity (Wildman–Crippen MR) is 118 cm³/mol. The number of hydrogen-bond acceptors (Lipinski definition) is 5. The standard InChI is InChI=1S/C20H21N7O.C2H6/c21-16-15-19(27(20(28)24-15)11-12-6-2-1-3-7-12)26-18(25-16)17-22-10-14(23-17)13-8-4-5-9-13;1-2/h1-3,6-7,10,13H,4-5,8-9,11H2,(H,22,23)(H,24,28)(H2,21,25,26);1-2H3. The smallest absolute Gasteiger partial charge is 0.328 e. The van der Waals surface area contributed by atoms with Crippen molar-refractivity contribution in [3.8, 4) is 11.6 Å². The number of H-pyrrole nitrogens is 2. The monoisotopic (exact) mass is 405 g/mol. The molecule has 30 heavy (non-hydrogen) atoms. The Morgan fingerprint density at radius 2 is 1.83 bits per heavy atom. The van der Waals surface area contributed by atoms with E-state index in [0.717, 1.165) is 11.3 Å². The fourth-order valence-corrected chi connectivity index (χ4v) is 3.96. The molecule has 0 bridgehead atoms. The van der Waals surface area contributed by atoms with E-state index in [9.17, 15) is 4.79 Å². The van der Waals surface area contributed by atoms with E-state index in [1.165, 1.54) is 25.7 Å². The first-order valence-electron chi connectivity index (χ1n) is 10.5. The van der Waals surface area contributed by atoms with Gasteiger partial charge in [-0.2, -0.15) is 0 Å². The first-order chi connectivity index (χ1) is 14.7. The van der Waals surface area contributed by atoms with Gasteiger partial charge in [0.05, 0.1) is 6.54 Å². The minimum Gasteiger partial charge on any atom is -0.382 e. The molecule has 1 saturated carbocycles. The number of nitrogen functional groups attached to an aromatic ring is 1. The topological polar surface area (TPSA) is 118 Å². The van der Waals surface area contributed by atoms with Gasteiger partial charge < -0.3 is 15.7 Å². The molecule has 4 aromatic rings. The number of benzene rings is 1. The third kappa shape index (κ3) is 3.72. The minimum atomic E-state index is -0.261. The molecule has 1 fully saturated rings. The van der Waals surface area contributed by atoms with Crippen molar-refractivity contribution in [2.45, 2.75) is 52.0 Å². The molecule has 1 aliphatic carbocycles. The number of nitrogens with two attached hydrogens (primary N) is 1. The van der Waals surface area contributed by atoms with E-state index in [-0.39, 0.29) is 11.5 Å². The van der Waals surface area contributed by atoms with Gasteiger partial charge >= 0.3 is 5.69 Å². The van der Waals surface area contributed by atoms with Gasteiger partial charge in [0.25, 0.3) is 0 Å². The zero-order valence-electron chi connectivity index (χ0n) is 17.4. The molecule has 156 valence electrons. The van der Waals surface area contributed by atoms with Crippen LogP contribution in [0.2, 0.25) is 0 Å². The Balaban J connectivity index is 0.00000106. The third-order valence-electron chi connectivity index (χ3n) is 5.44. The zero-order valence-corrected chi connectivity index (χ0v) is 17.4. The fraction of sp³-hybridized carbons (Fsp3) is 0.364. The van der Waals surface area contributed by atoms with Crippen molar-refractivity contribution in [1.29, 1.82) is 0 Å². The van der Waals surface area contributed by atoms with Crippen molar-refractivity contribution in [3.63, 3.8) is 0 Å². The Labute approximate surface area is 174 Å². The number of imidazole rings is 2. The summed E-state index contributed by atoms with van der Waals surface area (Å²) in [6, 6.07) is 9.77. The first kappa shape index (κ1) is 19.9. The largest absolute Gasteiger partial charge is 0.382 e. The molecule has 4 N–H and O–H groups in total. The summed E-state index contributed by atoms with van der Waals surface area (Å²) in [6.45, 7) is 4.40. The number of aromatic amines is 2. The van der Waals surface area contributed by atoms with Crippen LogP contribution in [0.25, 0.3) is 22.8 Å². The molecule has 0 saturated heterocycles. The van der Waals surface area contributed by atoms with Crippen molar-refractivity contribution in [1.82, 2.24) is 29.5 Å². The van der Waals surface area contributed by atoms with Crippen molar-refractivity contribution in [2.75, 3.05) is 5.73 Å². The van der Waals surface area contributed by atoms with Crippen LogP contribution < -0.4 is 11.4 Å². The van der Waals surface area contributed by atoms with Crippen LogP contribution in [-0.4, -0.2) is 29.5 Å². The lowest BCUT2D eigenvalue weighted by Crippen LogP contribution is -2.17. The highest BCUT2D eigenvalue weighted by atomic mass is 16.1. The highest BCUT2D eigenvalue weighted by molar-refractivity contribution is 5.83. The summed E-state index contributed by atoms with van der Waals surface area (Å²) < 4.78 is 1.58. The molecule has 8 nitrogen and oxygen atoms in total. The van der Waals surface area contributed by atoms with Gasteiger partial charge in [0, 0.05) is 17.8 Å². The second-order valence-corrected chi connectivity index (χ2v) is 7.30. The van der Waals surface area contributed by atoms with Crippen LogP contribution in [0, 0.1) is 0 Å². The van der Waals surface area contributed by atoms with E-state index in [1.54, 1.807) is 4.57 Å². The molecular weight excluding hydrogens is 378 g/mol. The average molecular weight is 406 g/mol. The van der Waals surface area contributed by atoms with Gasteiger partial charge in [-0.15, -0.1) is 0 Å². The van der Waals surface area contributed by atoms with Gasteiger partial charge in [-0.1, -0.05) is 57.0 Å². The van der Waals surface area contributed by atoms with Crippen molar-refractivity contribution in [2.24, 2.45) is 0 Å². The molecule has 8 heteroatoms. The molecule has 0 radical (unpaired) electrons. The van der Waals surface area contributed by atoms with Gasteiger partial charge in [-0.25, -0.2) is 19.7 Å². The zero-order chi connectivity index (χ0) is 21.1. The van der Waals surface area contributed by atoms with Gasteiger partial charge in [-0.3, -0.25) is 4.57 Å². The lowest BCUT2D eigenvalue weighted by atomic mass is 10.1. The average Bonchev–Trinajstić information content (AvgIpc) is 3.52. The van der Waals surface area contributed by atoms with Gasteiger partial charge in [0.15, 0.2) is 23.1 Å². The Morgan fingerprint density at radius 1 is 1.10 bits per heavy atom. The van der Waals surface area contributed by atoms with Crippen molar-refractivity contribution < 1.29 is 0 Å². The number of fused-ring (bicyclic) bond motifs is 1. The fourth-order valence-electron chi connectivity index (χ4n) is 3.96. The molecule has 0 unspecified atom stereocenters. The molecule has 1 aliphatic rings. The maximum Gasteiger partial charge on any atom is 0.328 e. The number of hydrogen-bond donors (Lipinski definition) is 3. The maximum absolute atomic E-state index is 12.5. The molecule has 3 aromatic heterocycles. The van der Waals surface area contributed by atoms with Crippen molar-refractivity contribution in [3.05, 3.63) is 58.3 Å². The van der Waals surface area contributed by atoms with E-state index < -0.39 is 0 Å². The van der Waals surface area contributed by atoms with Crippen LogP contribution in [0.15, 0.2) is 41.3 Å². The van der Waals surface area contributed by atoms with Crippen LogP contribution in [-0.2, 0) is 6.54 Å². The molecule has 0 spiro atoms. The Morgan fingerprint density at radius 3 is 2.57 bits per heavy atom. The SMILES string of the molecule is CC.Nc1nc(-c2ncc(C3CCCC3)[nH]2)nc2c1[nH]c(=O)n2Cc1ccccc1. The molecule has 3 heterocycles. The number of anilines is 1. The summed E-state index contributed by atoms with van der Waals surface area (Å²) in [4.78, 5) is 32.0. The van der Waals surface area contributed by atoms with E-state index >= 15 is 0 Å². The number of aromatic nitrogens is 6. The number of rotatable bonds is 4. The molecule has 0 amide bonds. The highest BCUT2D eigenvalue weighted by Gasteiger charge is 2.21. The lowest BCUT2D eigenvalue weighted by Gasteiger charge is -2.06. The Hall–Kier alpha value is -3.42. The highest BCUT2D eigenvalue weighted by Crippen LogP contribution is 2.33. The predicted octanol–water partition coefficient (Wildman–Crippen LogP) is 3.82. The summed E-state index contributed by atoms with van der Waals surface area (Å²) in [5.74, 6) is 1.74. The molecule has 5 rings (SSSR count). The summed E-state index contributed by atoms with van der Waals surface area (Å²) >= 11 is 0. The Kier molecular flexibility index (Phi) is 5.65. The van der Waals surface area contributed by atoms with E-state index in [1.807, 2.05) is 50.4 Å². The molecule has 0 aliphatic heterocycles. The second kappa shape index (κ2) is 8.52. The quantitative estimate of drug-likeness (QED) is 0.477. The molecule has 0 atom stereocenters. The number of nitrogens with zero attached hydrogens (tertiary/aromatic N) is 4. The summed E-state index contributed by atoms with van der Waals surface area (Å²) in [6.07, 6.45) is 6.73. The third-order valence-corrected chi connectivity index (χ3v) is 5.44. The summed E-state index contributed by atoms with van der Waals surface area (Å²) in [7, 11) is 0. The minimum absolute atomic E-state index is 0.239. The van der Waals surface area contributed by atoms with Crippen LogP contribution >= 0.6 is 0 Å². The molecule has 1 aromatic carbocycles. The van der Waals surface area contributed by atoms with Gasteiger partial charge in [0.2, 0.25) is 0 Å². The first-order valence-corrected chi connectivity index (χ1v) is 10.5. The maximum atomic E-state index is 12.5. The van der Waals surface area contributed by atoms with Crippen LogP contribution in [0.4, 0.5) is 5.82 Å². The van der Waals surface area contributed by atoms with Crippen LogP contribution in [0.3, 0.4) is 0 Å². The lowest BCUT2D eigenvalue weighted by molar-refractivity contribution is 0.702. The summed E-state index contributed by atoms with van der Waals surface area (Å²) in [5.41, 5.74) is 8.92. The normalized spacial score (nSPS) is 14.1. The van der Waals surface area contributed by atoms with Crippen molar-refractivity contribution >= 4 is 17.0 Å². The second-order valence-electron chi connectivity index (χ2n) is 7.30. The van der Waals surface area contributed by atoms with Gasteiger partial charge in [0.1, 0.15) is 5.52 Å². The summed E-state index contributed by atoms with van der Waals surface area (Å²) in [5, 5.41) is 0. The van der Waals surface area contributed by atoms with E-state index in [4.69, 9.17) is 5.73 Å². The molecular formula is C22H27N7O. The van der Waals surface area contributed by atoms with Crippen LogP contribution in [0.5, 0.6) is 0 Å². The Bertz CT molecular complexity index is 1180. The van der Waals surface area contributed by atoms with E-state index in [2.05, 4.69) is 24.9 Å². The van der Waals surface area contributed by atoms with Crippen LogP contribution in [0.1, 0.15) is 56.7 Å². The van der Waals surface area contributed by atoms with E-state index in [0.29, 0.717) is 35.3 Å². The van der Waals surface area contributed by atoms with Gasteiger partial charge in [-0.05, 0) is 18.4 Å².